The van der Waals surface area contributed by atoms with Gasteiger partial charge in [0.15, 0.2) is 5.11 Å². The molecule has 1 amide bonds. The lowest BCUT2D eigenvalue weighted by Crippen LogP contribution is -2.44. The van der Waals surface area contributed by atoms with Gasteiger partial charge in [0.25, 0.3) is 5.91 Å². The summed E-state index contributed by atoms with van der Waals surface area (Å²) in [6.45, 7) is 3.48. The molecule has 1 saturated heterocycles. The molecule has 1 N–H and O–H groups in total. The minimum absolute atomic E-state index is 0.0337. The number of alkyl halides is 3. The van der Waals surface area contributed by atoms with E-state index in [2.05, 4.69) is 4.98 Å². The first kappa shape index (κ1) is 25.6. The summed E-state index contributed by atoms with van der Waals surface area (Å²) >= 11 is 5.53. The second-order valence-corrected chi connectivity index (χ2v) is 8.92. The zero-order valence-corrected chi connectivity index (χ0v) is 19.7. The minimum Gasteiger partial charge on any atom is -0.396 e. The van der Waals surface area contributed by atoms with Crippen LogP contribution in [0.15, 0.2) is 36.5 Å². The highest BCUT2D eigenvalue weighted by Crippen LogP contribution is 2.39. The Hall–Kier alpha value is -3.03. The van der Waals surface area contributed by atoms with Gasteiger partial charge < -0.3 is 10.0 Å². The molecule has 1 fully saturated rings. The third-order valence-corrected chi connectivity index (χ3v) is 6.13. The summed E-state index contributed by atoms with van der Waals surface area (Å²) in [6.07, 6.45) is 1.28. The zero-order valence-electron chi connectivity index (χ0n) is 18.9. The van der Waals surface area contributed by atoms with Gasteiger partial charge in [-0.25, -0.2) is 0 Å². The molecule has 0 radical (unpaired) electrons. The number of aliphatic hydroxyl groups is 1. The van der Waals surface area contributed by atoms with Crippen LogP contribution in [-0.2, 0) is 17.4 Å². The van der Waals surface area contributed by atoms with E-state index in [4.69, 9.17) is 22.6 Å². The summed E-state index contributed by atoms with van der Waals surface area (Å²) in [5.74, 6) is -0.483. The van der Waals surface area contributed by atoms with Crippen molar-refractivity contribution in [2.45, 2.75) is 57.7 Å². The van der Waals surface area contributed by atoms with E-state index in [9.17, 15) is 18.0 Å². The average molecular weight is 491 g/mol. The first-order valence-corrected chi connectivity index (χ1v) is 11.3. The van der Waals surface area contributed by atoms with Crippen LogP contribution in [0.2, 0.25) is 0 Å². The normalized spacial score (nSPS) is 15.7. The van der Waals surface area contributed by atoms with Crippen LogP contribution >= 0.6 is 12.2 Å². The molecule has 6 nitrogen and oxygen atoms in total. The number of nitriles is 1. The second-order valence-electron chi connectivity index (χ2n) is 8.55. The molecule has 0 atom stereocenters. The largest absolute Gasteiger partial charge is 0.417 e. The van der Waals surface area contributed by atoms with Gasteiger partial charge in [-0.05, 0) is 75.7 Å². The molecule has 34 heavy (non-hydrogen) atoms. The SMILES string of the molecule is CC1(C)C(=O)N(c2ccc(C#N)c(C(F)(F)F)c2)C(=S)N1c1ccc(CCCCCCO)nc1. The molecule has 2 heterocycles. The van der Waals surface area contributed by atoms with Crippen molar-refractivity contribution in [3.8, 4) is 6.07 Å². The van der Waals surface area contributed by atoms with Crippen molar-refractivity contribution in [2.75, 3.05) is 16.4 Å². The lowest BCUT2D eigenvalue weighted by Gasteiger charge is -2.29. The number of rotatable bonds is 8. The first-order valence-electron chi connectivity index (χ1n) is 10.9. The maximum atomic E-state index is 13.5. The monoisotopic (exact) mass is 490 g/mol. The lowest BCUT2D eigenvalue weighted by molar-refractivity contribution is -0.137. The van der Waals surface area contributed by atoms with Crippen molar-refractivity contribution in [3.63, 3.8) is 0 Å². The third kappa shape index (κ3) is 5.05. The highest BCUT2D eigenvalue weighted by Gasteiger charge is 2.50. The molecule has 2 aromatic rings. The number of nitrogens with zero attached hydrogens (tertiary/aromatic N) is 4. The van der Waals surface area contributed by atoms with Crippen molar-refractivity contribution in [3.05, 3.63) is 53.3 Å². The first-order chi connectivity index (χ1) is 16.0. The Bertz CT molecular complexity index is 1110. The number of carbonyl (C=O) groups is 1. The van der Waals surface area contributed by atoms with Crippen molar-refractivity contribution in [1.29, 1.82) is 5.26 Å². The Kier molecular flexibility index (Phi) is 7.58. The Morgan fingerprint density at radius 1 is 1.12 bits per heavy atom. The van der Waals surface area contributed by atoms with Crippen LogP contribution in [-0.4, -0.2) is 33.3 Å². The van der Waals surface area contributed by atoms with Crippen molar-refractivity contribution < 1.29 is 23.1 Å². The maximum Gasteiger partial charge on any atom is 0.417 e. The standard InChI is InChI=1S/C24H25F3N4O2S/c1-23(2)21(33)30(18-10-8-16(14-28)20(13-18)24(25,26)27)22(34)31(23)19-11-9-17(29-15-19)7-5-3-4-6-12-32/h8-11,13,15,32H,3-7,12H2,1-2H3. The predicted molar refractivity (Wildman–Crippen MR) is 126 cm³/mol. The van der Waals surface area contributed by atoms with Gasteiger partial charge in [-0.1, -0.05) is 12.8 Å². The number of hydrogen-bond acceptors (Lipinski definition) is 5. The topological polar surface area (TPSA) is 80.5 Å². The van der Waals surface area contributed by atoms with E-state index in [1.807, 2.05) is 6.07 Å². The molecule has 10 heteroatoms. The Labute approximate surface area is 201 Å². The molecular weight excluding hydrogens is 465 g/mol. The smallest absolute Gasteiger partial charge is 0.396 e. The summed E-state index contributed by atoms with van der Waals surface area (Å²) in [6, 6.07) is 8.28. The van der Waals surface area contributed by atoms with Crippen molar-refractivity contribution >= 4 is 34.6 Å². The molecule has 0 saturated carbocycles. The lowest BCUT2D eigenvalue weighted by atomic mass is 10.0. The summed E-state index contributed by atoms with van der Waals surface area (Å²) in [7, 11) is 0. The van der Waals surface area contributed by atoms with E-state index in [-0.39, 0.29) is 17.4 Å². The van der Waals surface area contributed by atoms with E-state index in [1.165, 1.54) is 12.1 Å². The van der Waals surface area contributed by atoms with Gasteiger partial charge in [0.1, 0.15) is 5.54 Å². The molecule has 0 spiro atoms. The fourth-order valence-corrected chi connectivity index (χ4v) is 4.45. The van der Waals surface area contributed by atoms with Gasteiger partial charge in [0.05, 0.1) is 34.8 Å². The Morgan fingerprint density at radius 2 is 1.79 bits per heavy atom. The van der Waals surface area contributed by atoms with E-state index < -0.39 is 28.7 Å². The number of thiocarbonyl (C=S) groups is 1. The number of anilines is 2. The molecule has 1 aliphatic rings. The van der Waals surface area contributed by atoms with Crippen LogP contribution in [0, 0.1) is 11.3 Å². The summed E-state index contributed by atoms with van der Waals surface area (Å²) in [4.78, 5) is 20.4. The number of benzene rings is 1. The van der Waals surface area contributed by atoms with Crippen LogP contribution < -0.4 is 9.80 Å². The third-order valence-electron chi connectivity index (χ3n) is 5.76. The van der Waals surface area contributed by atoms with Gasteiger partial charge in [-0.2, -0.15) is 18.4 Å². The predicted octanol–water partition coefficient (Wildman–Crippen LogP) is 4.98. The van der Waals surface area contributed by atoms with Gasteiger partial charge in [-0.15, -0.1) is 0 Å². The van der Waals surface area contributed by atoms with E-state index in [0.29, 0.717) is 5.69 Å². The van der Waals surface area contributed by atoms with Crippen LogP contribution in [0.25, 0.3) is 0 Å². The fourth-order valence-electron chi connectivity index (χ4n) is 3.93. The van der Waals surface area contributed by atoms with Crippen LogP contribution in [0.5, 0.6) is 0 Å². The molecule has 1 aliphatic heterocycles. The van der Waals surface area contributed by atoms with E-state index in [0.717, 1.165) is 54.8 Å². The quantitative estimate of drug-likeness (QED) is 0.415. The summed E-state index contributed by atoms with van der Waals surface area (Å²) in [5.41, 5.74) is -1.42. The van der Waals surface area contributed by atoms with Gasteiger partial charge in [0.2, 0.25) is 0 Å². The van der Waals surface area contributed by atoms with Gasteiger partial charge in [-0.3, -0.25) is 14.7 Å². The average Bonchev–Trinajstić information content (AvgIpc) is 2.97. The van der Waals surface area contributed by atoms with Crippen LogP contribution in [0.1, 0.15) is 56.4 Å². The number of unbranched alkanes of at least 4 members (excludes halogenated alkanes) is 3. The summed E-state index contributed by atoms with van der Waals surface area (Å²) in [5, 5.41) is 17.9. The molecule has 180 valence electrons. The molecule has 0 aliphatic carbocycles. The molecule has 1 aromatic heterocycles. The molecule has 3 rings (SSSR count). The Morgan fingerprint density at radius 3 is 2.38 bits per heavy atom. The number of aryl methyl sites for hydroxylation is 1. The highest BCUT2D eigenvalue weighted by atomic mass is 32.1. The van der Waals surface area contributed by atoms with E-state index >= 15 is 0 Å². The molecular formula is C24H25F3N4O2S. The fraction of sp³-hybridized carbons (Fsp3) is 0.417. The van der Waals surface area contributed by atoms with Gasteiger partial charge >= 0.3 is 6.18 Å². The van der Waals surface area contributed by atoms with Crippen LogP contribution in [0.4, 0.5) is 24.5 Å². The number of halogens is 3. The summed E-state index contributed by atoms with van der Waals surface area (Å²) < 4.78 is 40.4. The number of aliphatic hydroxyl groups excluding tert-OH is 1. The number of aromatic nitrogens is 1. The number of hydrogen-bond donors (Lipinski definition) is 1. The minimum atomic E-state index is -4.75. The molecule has 0 bridgehead atoms. The number of carbonyl (C=O) groups excluding carboxylic acids is 1. The van der Waals surface area contributed by atoms with Crippen molar-refractivity contribution in [2.24, 2.45) is 0 Å². The van der Waals surface area contributed by atoms with Crippen LogP contribution in [0.3, 0.4) is 0 Å². The zero-order chi connectivity index (χ0) is 25.1. The molecule has 0 unspecified atom stereocenters. The molecule has 1 aromatic carbocycles. The Balaban J connectivity index is 1.86. The number of pyridine rings is 1. The maximum absolute atomic E-state index is 13.5. The van der Waals surface area contributed by atoms with E-state index in [1.54, 1.807) is 31.0 Å². The number of amides is 1. The van der Waals surface area contributed by atoms with Gasteiger partial charge in [0, 0.05) is 12.3 Å². The highest BCUT2D eigenvalue weighted by molar-refractivity contribution is 7.81. The second kappa shape index (κ2) is 10.1. The van der Waals surface area contributed by atoms with Crippen molar-refractivity contribution in [1.82, 2.24) is 4.98 Å².